The number of carboxylic acids is 2. The van der Waals surface area contributed by atoms with Crippen molar-refractivity contribution in [1.82, 2.24) is 0 Å². The summed E-state index contributed by atoms with van der Waals surface area (Å²) in [6, 6.07) is 3.96. The number of carboxylic acid groups (broad SMARTS) is 2. The first kappa shape index (κ1) is 15.7. The van der Waals surface area contributed by atoms with E-state index < -0.39 is 23.9 Å². The van der Waals surface area contributed by atoms with Crippen LogP contribution in [-0.2, 0) is 9.59 Å². The molecule has 5 nitrogen and oxygen atoms in total. The number of ether oxygens (including phenoxy) is 1. The molecule has 0 heterocycles. The van der Waals surface area contributed by atoms with Gasteiger partial charge >= 0.3 is 11.9 Å². The zero-order valence-corrected chi connectivity index (χ0v) is 10.9. The molecule has 108 valence electrons. The maximum Gasteiger partial charge on any atom is 0.344 e. The first-order valence-electron chi connectivity index (χ1n) is 6.04. The molecule has 0 bridgehead atoms. The van der Waals surface area contributed by atoms with Gasteiger partial charge in [-0.3, -0.25) is 0 Å². The van der Waals surface area contributed by atoms with Crippen molar-refractivity contribution in [3.63, 3.8) is 0 Å². The molecule has 0 aliphatic carbocycles. The molecule has 1 atom stereocenters. The first-order valence-corrected chi connectivity index (χ1v) is 6.04. The standard InChI is InChI=1S/C14H15FO5/c1-2-4-11(14(18)19)20-13-9(7-8-12(16)17)5-3-6-10(13)15/h3,5-8,11H,2,4H2,1H3,(H,16,17)(H,18,19)/b8-7+. The molecule has 1 unspecified atom stereocenters. The Bertz CT molecular complexity index is 524. The molecular weight excluding hydrogens is 267 g/mol. The number of benzene rings is 1. The van der Waals surface area contributed by atoms with E-state index >= 15 is 0 Å². The predicted molar refractivity (Wildman–Crippen MR) is 70.0 cm³/mol. The van der Waals surface area contributed by atoms with E-state index in [1.54, 1.807) is 6.92 Å². The minimum atomic E-state index is -1.19. The molecule has 20 heavy (non-hydrogen) atoms. The summed E-state index contributed by atoms with van der Waals surface area (Å²) < 4.78 is 18.9. The van der Waals surface area contributed by atoms with E-state index in [4.69, 9.17) is 14.9 Å². The highest BCUT2D eigenvalue weighted by molar-refractivity contribution is 5.86. The van der Waals surface area contributed by atoms with Gasteiger partial charge in [0.15, 0.2) is 17.7 Å². The van der Waals surface area contributed by atoms with Crippen LogP contribution in [0.4, 0.5) is 4.39 Å². The van der Waals surface area contributed by atoms with Crippen molar-refractivity contribution in [3.8, 4) is 5.75 Å². The van der Waals surface area contributed by atoms with Crippen molar-refractivity contribution < 1.29 is 28.9 Å². The van der Waals surface area contributed by atoms with Crippen LogP contribution in [-0.4, -0.2) is 28.3 Å². The minimum absolute atomic E-state index is 0.176. The molecule has 0 saturated heterocycles. The topological polar surface area (TPSA) is 83.8 Å². The van der Waals surface area contributed by atoms with Gasteiger partial charge in [-0.1, -0.05) is 25.5 Å². The zero-order valence-electron chi connectivity index (χ0n) is 10.9. The average molecular weight is 282 g/mol. The molecule has 1 aromatic rings. The monoisotopic (exact) mass is 282 g/mol. The molecule has 2 N–H and O–H groups in total. The highest BCUT2D eigenvalue weighted by Gasteiger charge is 2.21. The van der Waals surface area contributed by atoms with Gasteiger partial charge in [0, 0.05) is 11.6 Å². The molecule has 0 aromatic heterocycles. The highest BCUT2D eigenvalue weighted by Crippen LogP contribution is 2.26. The second-order valence-corrected chi connectivity index (χ2v) is 4.06. The van der Waals surface area contributed by atoms with Gasteiger partial charge in [-0.15, -0.1) is 0 Å². The number of para-hydroxylation sites is 1. The number of hydrogen-bond donors (Lipinski definition) is 2. The summed E-state index contributed by atoms with van der Waals surface area (Å²) in [6.07, 6.45) is 1.61. The van der Waals surface area contributed by atoms with Gasteiger partial charge in [-0.05, 0) is 18.6 Å². The molecule has 6 heteroatoms. The largest absolute Gasteiger partial charge is 0.479 e. The van der Waals surface area contributed by atoms with Gasteiger partial charge in [0.05, 0.1) is 0 Å². The Kier molecular flexibility index (Phi) is 5.71. The summed E-state index contributed by atoms with van der Waals surface area (Å²) in [5, 5.41) is 17.6. The lowest BCUT2D eigenvalue weighted by molar-refractivity contribution is -0.145. The van der Waals surface area contributed by atoms with E-state index in [0.29, 0.717) is 6.42 Å². The van der Waals surface area contributed by atoms with Crippen molar-refractivity contribution in [2.24, 2.45) is 0 Å². The number of halogens is 1. The Balaban J connectivity index is 3.08. The van der Waals surface area contributed by atoms with Crippen molar-refractivity contribution >= 4 is 18.0 Å². The molecule has 1 rings (SSSR count). The molecule has 1 aromatic carbocycles. The Morgan fingerprint density at radius 3 is 2.65 bits per heavy atom. The van der Waals surface area contributed by atoms with Crippen LogP contribution in [0.5, 0.6) is 5.75 Å². The summed E-state index contributed by atoms with van der Waals surface area (Å²) in [4.78, 5) is 21.5. The van der Waals surface area contributed by atoms with Crippen molar-refractivity contribution in [3.05, 3.63) is 35.7 Å². The van der Waals surface area contributed by atoms with Crippen LogP contribution in [0, 0.1) is 5.82 Å². The summed E-state index contributed by atoms with van der Waals surface area (Å²) in [6.45, 7) is 1.78. The Labute approximate surface area is 115 Å². The minimum Gasteiger partial charge on any atom is -0.479 e. The van der Waals surface area contributed by atoms with Gasteiger partial charge in [0.25, 0.3) is 0 Å². The third kappa shape index (κ3) is 4.38. The molecule has 0 fully saturated rings. The second kappa shape index (κ2) is 7.28. The average Bonchev–Trinajstić information content (AvgIpc) is 2.38. The molecule has 0 saturated carbocycles. The van der Waals surface area contributed by atoms with Crippen LogP contribution in [0.3, 0.4) is 0 Å². The molecule has 0 aliphatic heterocycles. The van der Waals surface area contributed by atoms with Crippen LogP contribution >= 0.6 is 0 Å². The smallest absolute Gasteiger partial charge is 0.344 e. The lowest BCUT2D eigenvalue weighted by Crippen LogP contribution is -2.27. The lowest BCUT2D eigenvalue weighted by Gasteiger charge is -2.16. The third-order valence-electron chi connectivity index (χ3n) is 2.49. The van der Waals surface area contributed by atoms with Crippen LogP contribution in [0.1, 0.15) is 25.3 Å². The van der Waals surface area contributed by atoms with Gasteiger partial charge in [0.1, 0.15) is 0 Å². The number of aliphatic carboxylic acids is 2. The lowest BCUT2D eigenvalue weighted by atomic mass is 10.1. The summed E-state index contributed by atoms with van der Waals surface area (Å²) in [7, 11) is 0. The molecule has 0 spiro atoms. The van der Waals surface area contributed by atoms with E-state index in [1.807, 2.05) is 0 Å². The normalized spacial score (nSPS) is 12.3. The maximum atomic E-state index is 13.7. The summed E-state index contributed by atoms with van der Waals surface area (Å²) in [5.74, 6) is -3.38. The van der Waals surface area contributed by atoms with E-state index in [-0.39, 0.29) is 17.7 Å². The quantitative estimate of drug-likeness (QED) is 0.751. The van der Waals surface area contributed by atoms with Gasteiger partial charge < -0.3 is 14.9 Å². The number of rotatable bonds is 7. The van der Waals surface area contributed by atoms with Crippen LogP contribution < -0.4 is 4.74 Å². The summed E-state index contributed by atoms with van der Waals surface area (Å²) in [5.41, 5.74) is 0.176. The van der Waals surface area contributed by atoms with Crippen LogP contribution in [0.25, 0.3) is 6.08 Å². The van der Waals surface area contributed by atoms with Crippen molar-refractivity contribution in [1.29, 1.82) is 0 Å². The van der Waals surface area contributed by atoms with E-state index in [1.165, 1.54) is 12.1 Å². The molecule has 0 aliphatic rings. The van der Waals surface area contributed by atoms with Gasteiger partial charge in [-0.2, -0.15) is 0 Å². The van der Waals surface area contributed by atoms with Crippen molar-refractivity contribution in [2.45, 2.75) is 25.9 Å². The third-order valence-corrected chi connectivity index (χ3v) is 2.49. The Morgan fingerprint density at radius 2 is 2.10 bits per heavy atom. The summed E-state index contributed by atoms with van der Waals surface area (Å²) >= 11 is 0. The molecular formula is C14H15FO5. The fourth-order valence-corrected chi connectivity index (χ4v) is 1.58. The van der Waals surface area contributed by atoms with Crippen LogP contribution in [0.15, 0.2) is 24.3 Å². The first-order chi connectivity index (χ1) is 9.45. The fraction of sp³-hybridized carbons (Fsp3) is 0.286. The Hall–Kier alpha value is -2.37. The second-order valence-electron chi connectivity index (χ2n) is 4.06. The molecule has 0 radical (unpaired) electrons. The number of hydrogen-bond acceptors (Lipinski definition) is 3. The van der Waals surface area contributed by atoms with E-state index in [9.17, 15) is 14.0 Å². The highest BCUT2D eigenvalue weighted by atomic mass is 19.1. The van der Waals surface area contributed by atoms with E-state index in [0.717, 1.165) is 18.2 Å². The maximum absolute atomic E-state index is 13.7. The Morgan fingerprint density at radius 1 is 1.40 bits per heavy atom. The fourth-order valence-electron chi connectivity index (χ4n) is 1.58. The number of carbonyl (C=O) groups is 2. The van der Waals surface area contributed by atoms with Crippen molar-refractivity contribution in [2.75, 3.05) is 0 Å². The zero-order chi connectivity index (χ0) is 15.1. The van der Waals surface area contributed by atoms with Gasteiger partial charge in [-0.25, -0.2) is 14.0 Å². The van der Waals surface area contributed by atoms with Crippen LogP contribution in [0.2, 0.25) is 0 Å². The SMILES string of the molecule is CCCC(Oc1c(F)cccc1/C=C/C(=O)O)C(=O)O. The molecule has 0 amide bonds. The van der Waals surface area contributed by atoms with E-state index in [2.05, 4.69) is 0 Å². The predicted octanol–water partition coefficient (Wildman–Crippen LogP) is 2.56. The van der Waals surface area contributed by atoms with Gasteiger partial charge in [0.2, 0.25) is 0 Å².